The monoisotopic (exact) mass is 314 g/mol. The topological polar surface area (TPSA) is 70.8 Å². The Morgan fingerprint density at radius 1 is 1.50 bits per heavy atom. The third-order valence-corrected chi connectivity index (χ3v) is 4.21. The highest BCUT2D eigenvalue weighted by Gasteiger charge is 2.24. The summed E-state index contributed by atoms with van der Waals surface area (Å²) in [5.41, 5.74) is 5.44. The molecule has 1 amide bonds. The second kappa shape index (κ2) is 8.70. The molecule has 130 valence electrons. The number of hydrogen-bond donors (Lipinski definition) is 2. The zero-order chi connectivity index (χ0) is 16.8. The van der Waals surface area contributed by atoms with E-state index in [4.69, 9.17) is 10.5 Å². The van der Waals surface area contributed by atoms with Crippen LogP contribution in [0.25, 0.3) is 0 Å². The molecule has 3 N–H and O–H groups in total. The summed E-state index contributed by atoms with van der Waals surface area (Å²) in [5, 5.41) is 2.81. The largest absolute Gasteiger partial charge is 0.444 e. The van der Waals surface area contributed by atoms with Gasteiger partial charge in [-0.05, 0) is 60.7 Å². The predicted octanol–water partition coefficient (Wildman–Crippen LogP) is 1.25. The van der Waals surface area contributed by atoms with Crippen molar-refractivity contribution in [2.45, 2.75) is 57.7 Å². The molecule has 1 aliphatic rings. The third kappa shape index (κ3) is 6.94. The first-order chi connectivity index (χ1) is 10.2. The van der Waals surface area contributed by atoms with Crippen molar-refractivity contribution in [1.29, 1.82) is 0 Å². The lowest BCUT2D eigenvalue weighted by Gasteiger charge is -2.31. The molecular formula is C16H34N4O2. The number of nitrogens with two attached hydrogens (primary N) is 1. The second-order valence-corrected chi connectivity index (χ2v) is 7.32. The number of alkyl carbamates (subject to hydrolysis) is 1. The maximum absolute atomic E-state index is 11.6. The molecule has 1 rings (SSSR count). The van der Waals surface area contributed by atoms with Crippen molar-refractivity contribution in [3.05, 3.63) is 0 Å². The van der Waals surface area contributed by atoms with Crippen molar-refractivity contribution in [3.8, 4) is 0 Å². The summed E-state index contributed by atoms with van der Waals surface area (Å²) in [6, 6.07) is 0.904. The summed E-state index contributed by atoms with van der Waals surface area (Å²) in [4.78, 5) is 16.4. The standard InChI is InChI=1S/C16H34N4O2/c1-16(2,3)22-15(21)18-9-8-13(11-17)20(5)12-14-7-6-10-19(14)4/h13-14H,6-12,17H2,1-5H3,(H,18,21). The molecule has 0 saturated carbocycles. The van der Waals surface area contributed by atoms with Gasteiger partial charge in [-0.15, -0.1) is 0 Å². The van der Waals surface area contributed by atoms with Crippen LogP contribution in [0.15, 0.2) is 0 Å². The SMILES string of the molecule is CN1CCCC1CN(C)C(CN)CCNC(=O)OC(C)(C)C. The molecule has 0 spiro atoms. The smallest absolute Gasteiger partial charge is 0.407 e. The van der Waals surface area contributed by atoms with E-state index in [2.05, 4.69) is 29.2 Å². The van der Waals surface area contributed by atoms with E-state index >= 15 is 0 Å². The van der Waals surface area contributed by atoms with Gasteiger partial charge < -0.3 is 25.6 Å². The summed E-state index contributed by atoms with van der Waals surface area (Å²) >= 11 is 0. The van der Waals surface area contributed by atoms with Gasteiger partial charge in [-0.1, -0.05) is 0 Å². The number of carbonyl (C=O) groups is 1. The molecule has 0 aromatic carbocycles. The van der Waals surface area contributed by atoms with Crippen molar-refractivity contribution in [2.24, 2.45) is 5.73 Å². The first-order valence-electron chi connectivity index (χ1n) is 8.30. The van der Waals surface area contributed by atoms with Crippen LogP contribution in [-0.4, -0.2) is 73.9 Å². The van der Waals surface area contributed by atoms with Crippen LogP contribution < -0.4 is 11.1 Å². The molecule has 1 heterocycles. The zero-order valence-corrected chi connectivity index (χ0v) is 14.9. The Morgan fingerprint density at radius 3 is 2.68 bits per heavy atom. The quantitative estimate of drug-likeness (QED) is 0.740. The normalized spacial score (nSPS) is 21.1. The second-order valence-electron chi connectivity index (χ2n) is 7.32. The van der Waals surface area contributed by atoms with E-state index in [0.717, 1.165) is 13.0 Å². The van der Waals surface area contributed by atoms with Crippen LogP contribution in [0.1, 0.15) is 40.0 Å². The van der Waals surface area contributed by atoms with E-state index in [1.54, 1.807) is 0 Å². The van der Waals surface area contributed by atoms with Gasteiger partial charge in [0, 0.05) is 31.7 Å². The number of likely N-dealkylation sites (tertiary alicyclic amines) is 1. The van der Waals surface area contributed by atoms with E-state index in [1.807, 2.05) is 20.8 Å². The molecule has 2 atom stereocenters. The molecule has 1 saturated heterocycles. The van der Waals surface area contributed by atoms with Gasteiger partial charge in [0.15, 0.2) is 0 Å². The summed E-state index contributed by atoms with van der Waals surface area (Å²) in [6.45, 7) is 8.99. The summed E-state index contributed by atoms with van der Waals surface area (Å²) in [7, 11) is 4.31. The fourth-order valence-corrected chi connectivity index (χ4v) is 2.86. The minimum atomic E-state index is -0.457. The van der Waals surface area contributed by atoms with Crippen LogP contribution in [0, 0.1) is 0 Å². The lowest BCUT2D eigenvalue weighted by molar-refractivity contribution is 0.0522. The molecule has 6 nitrogen and oxygen atoms in total. The summed E-state index contributed by atoms with van der Waals surface area (Å²) in [6.07, 6.45) is 3.01. The van der Waals surface area contributed by atoms with E-state index in [1.165, 1.54) is 19.4 Å². The van der Waals surface area contributed by atoms with Crippen LogP contribution >= 0.6 is 0 Å². The molecule has 2 unspecified atom stereocenters. The number of carbonyl (C=O) groups excluding carboxylic acids is 1. The van der Waals surface area contributed by atoms with Crippen molar-refractivity contribution < 1.29 is 9.53 Å². The van der Waals surface area contributed by atoms with E-state index < -0.39 is 5.60 Å². The van der Waals surface area contributed by atoms with Crippen molar-refractivity contribution in [1.82, 2.24) is 15.1 Å². The maximum atomic E-state index is 11.6. The number of likely N-dealkylation sites (N-methyl/N-ethyl adjacent to an activating group) is 2. The van der Waals surface area contributed by atoms with E-state index in [9.17, 15) is 4.79 Å². The number of ether oxygens (including phenoxy) is 1. The molecule has 0 aromatic heterocycles. The molecule has 22 heavy (non-hydrogen) atoms. The van der Waals surface area contributed by atoms with Gasteiger partial charge in [0.2, 0.25) is 0 Å². The highest BCUT2D eigenvalue weighted by atomic mass is 16.6. The minimum absolute atomic E-state index is 0.281. The number of amides is 1. The summed E-state index contributed by atoms with van der Waals surface area (Å²) in [5.74, 6) is 0. The zero-order valence-electron chi connectivity index (χ0n) is 14.9. The molecule has 0 aliphatic carbocycles. The van der Waals surface area contributed by atoms with Crippen LogP contribution in [0.2, 0.25) is 0 Å². The number of nitrogens with one attached hydrogen (secondary N) is 1. The summed E-state index contributed by atoms with van der Waals surface area (Å²) < 4.78 is 5.23. The van der Waals surface area contributed by atoms with Gasteiger partial charge in [0.05, 0.1) is 0 Å². The van der Waals surface area contributed by atoms with Crippen LogP contribution in [0.3, 0.4) is 0 Å². The highest BCUT2D eigenvalue weighted by molar-refractivity contribution is 5.67. The molecular weight excluding hydrogens is 280 g/mol. The van der Waals surface area contributed by atoms with Gasteiger partial charge in [0.1, 0.15) is 5.60 Å². The molecule has 0 bridgehead atoms. The predicted molar refractivity (Wildman–Crippen MR) is 90.0 cm³/mol. The average molecular weight is 314 g/mol. The van der Waals surface area contributed by atoms with Gasteiger partial charge in [0.25, 0.3) is 0 Å². The molecule has 1 aliphatic heterocycles. The molecule has 1 fully saturated rings. The maximum Gasteiger partial charge on any atom is 0.407 e. The number of nitrogens with zero attached hydrogens (tertiary/aromatic N) is 2. The Hall–Kier alpha value is -0.850. The van der Waals surface area contributed by atoms with Gasteiger partial charge in [-0.25, -0.2) is 4.79 Å². The van der Waals surface area contributed by atoms with Crippen LogP contribution in [-0.2, 0) is 4.74 Å². The minimum Gasteiger partial charge on any atom is -0.444 e. The number of rotatable bonds is 7. The molecule has 0 radical (unpaired) electrons. The molecule has 0 aromatic rings. The number of hydrogen-bond acceptors (Lipinski definition) is 5. The van der Waals surface area contributed by atoms with Crippen molar-refractivity contribution in [2.75, 3.05) is 40.3 Å². The lowest BCUT2D eigenvalue weighted by atomic mass is 10.1. The fourth-order valence-electron chi connectivity index (χ4n) is 2.86. The van der Waals surface area contributed by atoms with Gasteiger partial charge in [-0.2, -0.15) is 0 Å². The Bertz CT molecular complexity index is 344. The Morgan fingerprint density at radius 2 is 2.18 bits per heavy atom. The first-order valence-corrected chi connectivity index (χ1v) is 8.30. The Labute approximate surface area is 135 Å². The van der Waals surface area contributed by atoms with E-state index in [-0.39, 0.29) is 12.1 Å². The van der Waals surface area contributed by atoms with Crippen molar-refractivity contribution in [3.63, 3.8) is 0 Å². The average Bonchev–Trinajstić information content (AvgIpc) is 2.78. The first kappa shape index (κ1) is 19.2. The van der Waals surface area contributed by atoms with E-state index in [0.29, 0.717) is 19.1 Å². The Balaban J connectivity index is 2.30. The van der Waals surface area contributed by atoms with Gasteiger partial charge >= 0.3 is 6.09 Å². The van der Waals surface area contributed by atoms with Crippen LogP contribution in [0.4, 0.5) is 4.79 Å². The van der Waals surface area contributed by atoms with Gasteiger partial charge in [-0.3, -0.25) is 0 Å². The van der Waals surface area contributed by atoms with Crippen LogP contribution in [0.5, 0.6) is 0 Å². The van der Waals surface area contributed by atoms with Crippen molar-refractivity contribution >= 4 is 6.09 Å². The molecule has 6 heteroatoms. The third-order valence-electron chi connectivity index (χ3n) is 4.21. The lowest BCUT2D eigenvalue weighted by Crippen LogP contribution is -2.46. The fraction of sp³-hybridized carbons (Fsp3) is 0.938. The highest BCUT2D eigenvalue weighted by Crippen LogP contribution is 2.16. The Kier molecular flexibility index (Phi) is 7.59.